The number of anilines is 2. The number of pyridine rings is 1. The quantitative estimate of drug-likeness (QED) is 0.364. The molecular formula is C27H34FN8P. The van der Waals surface area contributed by atoms with E-state index in [1.165, 1.54) is 18.1 Å². The summed E-state index contributed by atoms with van der Waals surface area (Å²) in [5.41, 5.74) is 3.62. The van der Waals surface area contributed by atoms with E-state index in [-0.39, 0.29) is 11.9 Å². The van der Waals surface area contributed by atoms with E-state index in [2.05, 4.69) is 73.3 Å². The lowest BCUT2D eigenvalue weighted by molar-refractivity contribution is 0.264. The van der Waals surface area contributed by atoms with E-state index < -0.39 is 0 Å². The Morgan fingerprint density at radius 3 is 2.65 bits per heavy atom. The number of rotatable bonds is 7. The van der Waals surface area contributed by atoms with Gasteiger partial charge in [0, 0.05) is 55.0 Å². The first-order chi connectivity index (χ1) is 17.7. The zero-order chi connectivity index (χ0) is 26.3. The van der Waals surface area contributed by atoms with Crippen molar-refractivity contribution in [2.24, 2.45) is 0 Å². The molecule has 37 heavy (non-hydrogen) atoms. The van der Waals surface area contributed by atoms with Crippen LogP contribution in [0.4, 0.5) is 16.2 Å². The zero-order valence-corrected chi connectivity index (χ0v) is 23.2. The van der Waals surface area contributed by atoms with Crippen molar-refractivity contribution < 1.29 is 4.39 Å². The normalized spacial score (nSPS) is 16.4. The van der Waals surface area contributed by atoms with Crippen molar-refractivity contribution in [1.82, 2.24) is 34.3 Å². The van der Waals surface area contributed by atoms with E-state index in [4.69, 9.17) is 4.98 Å². The van der Waals surface area contributed by atoms with Gasteiger partial charge in [0.1, 0.15) is 17.2 Å². The van der Waals surface area contributed by atoms with Gasteiger partial charge in [-0.1, -0.05) is 6.07 Å². The summed E-state index contributed by atoms with van der Waals surface area (Å²) >= 11 is 0. The zero-order valence-electron chi connectivity index (χ0n) is 22.0. The Kier molecular flexibility index (Phi) is 7.21. The standard InChI is InChI=1S/C27H34FN8P/c1-16(2)36-17(3)31-26-21(28)10-19(11-22(26)36)25-23(37)13-30-27(33-25)32-24-7-6-18(12-29-24)14-35-9-8-20(15-35)34(4)5/h6-7,10-13,16,20H,8-9,14-15,37H2,1-5H3,(H,29,30,32,33). The van der Waals surface area contributed by atoms with Gasteiger partial charge in [0.25, 0.3) is 0 Å². The molecule has 1 aliphatic rings. The summed E-state index contributed by atoms with van der Waals surface area (Å²) in [4.78, 5) is 22.9. The lowest BCUT2D eigenvalue weighted by Crippen LogP contribution is -2.31. The Labute approximate surface area is 219 Å². The topological polar surface area (TPSA) is 75.0 Å². The second kappa shape index (κ2) is 10.4. The monoisotopic (exact) mass is 520 g/mol. The van der Waals surface area contributed by atoms with Crippen LogP contribution in [0.3, 0.4) is 0 Å². The first-order valence-corrected chi connectivity index (χ1v) is 13.2. The van der Waals surface area contributed by atoms with E-state index >= 15 is 4.39 Å². The predicted molar refractivity (Wildman–Crippen MR) is 150 cm³/mol. The fourth-order valence-electron chi connectivity index (χ4n) is 5.08. The first-order valence-electron chi connectivity index (χ1n) is 12.6. The number of fused-ring (bicyclic) bond motifs is 1. The van der Waals surface area contributed by atoms with Crippen LogP contribution in [0, 0.1) is 12.7 Å². The lowest BCUT2D eigenvalue weighted by atomic mass is 10.1. The van der Waals surface area contributed by atoms with Gasteiger partial charge in [-0.15, -0.1) is 9.24 Å². The van der Waals surface area contributed by atoms with Gasteiger partial charge in [-0.2, -0.15) is 0 Å². The van der Waals surface area contributed by atoms with E-state index in [0.29, 0.717) is 34.6 Å². The summed E-state index contributed by atoms with van der Waals surface area (Å²) in [5.74, 6) is 1.49. The van der Waals surface area contributed by atoms with E-state index in [1.54, 1.807) is 6.20 Å². The maximum atomic E-state index is 15.1. The molecule has 2 atom stereocenters. The van der Waals surface area contributed by atoms with Crippen molar-refractivity contribution in [3.63, 3.8) is 0 Å². The number of aromatic nitrogens is 5. The minimum absolute atomic E-state index is 0.159. The molecule has 0 aliphatic carbocycles. The van der Waals surface area contributed by atoms with Crippen LogP contribution in [0.2, 0.25) is 0 Å². The smallest absolute Gasteiger partial charge is 0.228 e. The number of aryl methyl sites for hydroxylation is 1. The van der Waals surface area contributed by atoms with E-state index in [0.717, 1.165) is 36.3 Å². The van der Waals surface area contributed by atoms with Crippen LogP contribution in [0.25, 0.3) is 22.3 Å². The van der Waals surface area contributed by atoms with Crippen molar-refractivity contribution in [1.29, 1.82) is 0 Å². The SMILES string of the molecule is Cc1nc2c(F)cc(-c3nc(Nc4ccc(CN5CCC(N(C)C)C5)cn4)ncc3P)cc2n1C(C)C. The van der Waals surface area contributed by atoms with Gasteiger partial charge in [0.2, 0.25) is 5.95 Å². The van der Waals surface area contributed by atoms with E-state index in [1.807, 2.05) is 29.8 Å². The van der Waals surface area contributed by atoms with Crippen LogP contribution in [0.1, 0.15) is 37.7 Å². The highest BCUT2D eigenvalue weighted by molar-refractivity contribution is 7.27. The third-order valence-corrected chi connectivity index (χ3v) is 7.40. The first kappa shape index (κ1) is 25.6. The maximum Gasteiger partial charge on any atom is 0.228 e. The van der Waals surface area contributed by atoms with E-state index in [9.17, 15) is 0 Å². The summed E-state index contributed by atoms with van der Waals surface area (Å²) < 4.78 is 17.1. The van der Waals surface area contributed by atoms with Gasteiger partial charge in [-0.3, -0.25) is 4.90 Å². The van der Waals surface area contributed by atoms with Crippen LogP contribution >= 0.6 is 9.24 Å². The Hall–Kier alpha value is -3.00. The van der Waals surface area contributed by atoms with Gasteiger partial charge >= 0.3 is 0 Å². The largest absolute Gasteiger partial charge is 0.326 e. The molecule has 3 aromatic heterocycles. The molecular weight excluding hydrogens is 486 g/mol. The molecule has 0 radical (unpaired) electrons. The third-order valence-electron chi connectivity index (χ3n) is 6.98. The summed E-state index contributed by atoms with van der Waals surface area (Å²) in [5, 5.41) is 3.97. The van der Waals surface area contributed by atoms with Crippen LogP contribution < -0.4 is 10.6 Å². The summed E-state index contributed by atoms with van der Waals surface area (Å²) in [6.45, 7) is 9.10. The highest BCUT2D eigenvalue weighted by Crippen LogP contribution is 2.29. The maximum absolute atomic E-state index is 15.1. The summed E-state index contributed by atoms with van der Waals surface area (Å²) in [7, 11) is 6.93. The average Bonchev–Trinajstić information content (AvgIpc) is 3.46. The highest BCUT2D eigenvalue weighted by Gasteiger charge is 2.24. The Bertz CT molecular complexity index is 1420. The second-order valence-corrected chi connectivity index (χ2v) is 10.9. The minimum Gasteiger partial charge on any atom is -0.326 e. The fourth-order valence-corrected chi connectivity index (χ4v) is 5.39. The van der Waals surface area contributed by atoms with Crippen molar-refractivity contribution in [2.45, 2.75) is 45.8 Å². The minimum atomic E-state index is -0.361. The lowest BCUT2D eigenvalue weighted by Gasteiger charge is -2.20. The molecule has 5 rings (SSSR count). The molecule has 194 valence electrons. The molecule has 1 aromatic carbocycles. The number of nitrogens with one attached hydrogen (secondary N) is 1. The molecule has 0 spiro atoms. The third kappa shape index (κ3) is 5.35. The molecule has 4 heterocycles. The number of imidazole rings is 1. The van der Waals surface area contributed by atoms with Gasteiger partial charge in [-0.25, -0.2) is 24.3 Å². The molecule has 1 saturated heterocycles. The molecule has 2 unspecified atom stereocenters. The molecule has 1 fully saturated rings. The number of halogens is 1. The van der Waals surface area contributed by atoms with Crippen molar-refractivity contribution in [2.75, 3.05) is 32.5 Å². The van der Waals surface area contributed by atoms with Gasteiger partial charge in [-0.05, 0) is 65.0 Å². The number of hydrogen-bond acceptors (Lipinski definition) is 7. The molecule has 0 bridgehead atoms. The highest BCUT2D eigenvalue weighted by atomic mass is 31.0. The molecule has 1 aliphatic heterocycles. The van der Waals surface area contributed by atoms with Crippen LogP contribution in [-0.4, -0.2) is 67.5 Å². The van der Waals surface area contributed by atoms with Crippen molar-refractivity contribution in [3.8, 4) is 11.3 Å². The Balaban J connectivity index is 1.36. The summed E-state index contributed by atoms with van der Waals surface area (Å²) in [6.07, 6.45) is 4.81. The van der Waals surface area contributed by atoms with Gasteiger partial charge in [0.05, 0.1) is 11.2 Å². The number of benzene rings is 1. The number of hydrogen-bond donors (Lipinski definition) is 1. The molecule has 0 saturated carbocycles. The molecule has 4 aromatic rings. The molecule has 0 amide bonds. The average molecular weight is 521 g/mol. The van der Waals surface area contributed by atoms with Gasteiger partial charge in [0.15, 0.2) is 5.82 Å². The Morgan fingerprint density at radius 1 is 1.16 bits per heavy atom. The van der Waals surface area contributed by atoms with Crippen LogP contribution in [0.5, 0.6) is 0 Å². The Morgan fingerprint density at radius 2 is 1.97 bits per heavy atom. The van der Waals surface area contributed by atoms with Crippen molar-refractivity contribution in [3.05, 3.63) is 53.9 Å². The molecule has 10 heteroatoms. The molecule has 1 N–H and O–H groups in total. The predicted octanol–water partition coefficient (Wildman–Crippen LogP) is 4.30. The molecule has 8 nitrogen and oxygen atoms in total. The van der Waals surface area contributed by atoms with Crippen LogP contribution in [-0.2, 0) is 6.54 Å². The number of likely N-dealkylation sites (tertiary alicyclic amines) is 1. The van der Waals surface area contributed by atoms with Crippen molar-refractivity contribution >= 4 is 37.3 Å². The van der Waals surface area contributed by atoms with Gasteiger partial charge < -0.3 is 14.8 Å². The second-order valence-electron chi connectivity index (χ2n) is 10.3. The summed E-state index contributed by atoms with van der Waals surface area (Å²) in [6, 6.07) is 8.25. The number of likely N-dealkylation sites (N-methyl/N-ethyl adjacent to an activating group) is 1. The van der Waals surface area contributed by atoms with Crippen LogP contribution in [0.15, 0.2) is 36.7 Å². The number of nitrogens with zero attached hydrogens (tertiary/aromatic N) is 7. The fraction of sp³-hybridized carbons (Fsp3) is 0.407.